The van der Waals surface area contributed by atoms with E-state index in [0.717, 1.165) is 9.13 Å². The van der Waals surface area contributed by atoms with Gasteiger partial charge in [-0.3, -0.25) is 0 Å². The van der Waals surface area contributed by atoms with E-state index in [2.05, 4.69) is 37.4 Å². The van der Waals surface area contributed by atoms with Crippen LogP contribution in [-0.2, 0) is 20.7 Å². The van der Waals surface area contributed by atoms with E-state index in [1.54, 1.807) is 0 Å². The smallest absolute Gasteiger partial charge is 0.407 e. The minimum absolute atomic E-state index is 0.360. The lowest BCUT2D eigenvalue weighted by molar-refractivity contribution is -0.142. The Morgan fingerprint density at radius 3 is 2.33 bits per heavy atom. The second kappa shape index (κ2) is 7.20. The summed E-state index contributed by atoms with van der Waals surface area (Å²) < 4.78 is 10.2. The maximum absolute atomic E-state index is 11.5. The second-order valence-electron chi connectivity index (χ2n) is 3.54. The lowest BCUT2D eigenvalue weighted by Crippen LogP contribution is -2.42. The topological polar surface area (TPSA) is 64.6 Å². The molecule has 18 heavy (non-hydrogen) atoms. The molecule has 0 aliphatic heterocycles. The first kappa shape index (κ1) is 14.7. The van der Waals surface area contributed by atoms with E-state index in [9.17, 15) is 9.59 Å². The van der Waals surface area contributed by atoms with Crippen molar-refractivity contribution in [2.75, 3.05) is 14.2 Å². The molecule has 1 rings (SSSR count). The molecule has 0 aromatic heterocycles. The number of nitrogens with one attached hydrogen (secondary N) is 1. The zero-order valence-electron chi connectivity index (χ0n) is 10.1. The number of carbonyl (C=O) groups is 2. The molecular weight excluding hydrogens is 349 g/mol. The Labute approximate surface area is 119 Å². The normalized spacial score (nSPS) is 11.5. The molecule has 1 aromatic carbocycles. The summed E-state index contributed by atoms with van der Waals surface area (Å²) in [4.78, 5) is 22.7. The molecule has 1 amide bonds. The number of alkyl carbamates (subject to hydrolysis) is 1. The largest absolute Gasteiger partial charge is 0.467 e. The quantitative estimate of drug-likeness (QED) is 0.654. The Hall–Kier alpha value is -1.31. The highest BCUT2D eigenvalue weighted by atomic mass is 127. The van der Waals surface area contributed by atoms with E-state index in [1.165, 1.54) is 14.2 Å². The molecule has 0 saturated carbocycles. The molecule has 0 bridgehead atoms. The van der Waals surface area contributed by atoms with Gasteiger partial charge in [-0.2, -0.15) is 0 Å². The zero-order chi connectivity index (χ0) is 13.5. The Kier molecular flexibility index (Phi) is 5.90. The van der Waals surface area contributed by atoms with Gasteiger partial charge in [-0.05, 0) is 40.3 Å². The molecule has 0 aliphatic rings. The number of rotatable bonds is 4. The van der Waals surface area contributed by atoms with Crippen LogP contribution in [0, 0.1) is 3.57 Å². The van der Waals surface area contributed by atoms with Gasteiger partial charge >= 0.3 is 12.1 Å². The van der Waals surface area contributed by atoms with Gasteiger partial charge in [-0.25, -0.2) is 9.59 Å². The van der Waals surface area contributed by atoms with Gasteiger partial charge in [0.25, 0.3) is 0 Å². The highest BCUT2D eigenvalue weighted by molar-refractivity contribution is 14.1. The van der Waals surface area contributed by atoms with Crippen LogP contribution in [0.1, 0.15) is 5.56 Å². The summed E-state index contributed by atoms with van der Waals surface area (Å²) in [5.74, 6) is -0.501. The van der Waals surface area contributed by atoms with Crippen LogP contribution in [0.25, 0.3) is 0 Å². The molecule has 1 N–H and O–H groups in total. The fourth-order valence-corrected chi connectivity index (χ4v) is 1.75. The molecule has 0 radical (unpaired) electrons. The second-order valence-corrected chi connectivity index (χ2v) is 4.79. The monoisotopic (exact) mass is 363 g/mol. The molecule has 0 fully saturated rings. The van der Waals surface area contributed by atoms with Crippen LogP contribution in [0.4, 0.5) is 4.79 Å². The van der Waals surface area contributed by atoms with Crippen LogP contribution in [-0.4, -0.2) is 32.3 Å². The van der Waals surface area contributed by atoms with Crippen molar-refractivity contribution >= 4 is 34.7 Å². The minimum atomic E-state index is -0.748. The lowest BCUT2D eigenvalue weighted by atomic mass is 10.1. The van der Waals surface area contributed by atoms with Crippen molar-refractivity contribution in [3.8, 4) is 0 Å². The summed E-state index contributed by atoms with van der Waals surface area (Å²) in [6.45, 7) is 0. The van der Waals surface area contributed by atoms with Gasteiger partial charge < -0.3 is 14.8 Å². The van der Waals surface area contributed by atoms with Gasteiger partial charge in [-0.15, -0.1) is 0 Å². The third-order valence-electron chi connectivity index (χ3n) is 2.32. The fraction of sp³-hybridized carbons (Fsp3) is 0.333. The van der Waals surface area contributed by atoms with Gasteiger partial charge in [0.1, 0.15) is 6.04 Å². The molecule has 1 atom stereocenters. The van der Waals surface area contributed by atoms with Gasteiger partial charge in [0, 0.05) is 9.99 Å². The third-order valence-corrected chi connectivity index (χ3v) is 3.04. The Balaban J connectivity index is 2.74. The summed E-state index contributed by atoms with van der Waals surface area (Å²) in [7, 11) is 2.52. The predicted octanol–water partition coefficient (Wildman–Crippen LogP) is 1.73. The summed E-state index contributed by atoms with van der Waals surface area (Å²) >= 11 is 2.20. The average Bonchev–Trinajstić information content (AvgIpc) is 2.39. The van der Waals surface area contributed by atoms with E-state index in [4.69, 9.17) is 0 Å². The first-order chi connectivity index (χ1) is 8.56. The lowest BCUT2D eigenvalue weighted by Gasteiger charge is -2.15. The first-order valence-electron chi connectivity index (χ1n) is 5.23. The number of halogens is 1. The van der Waals surface area contributed by atoms with Crippen LogP contribution >= 0.6 is 22.6 Å². The number of hydrogen-bond donors (Lipinski definition) is 1. The number of ether oxygens (including phenoxy) is 2. The van der Waals surface area contributed by atoms with E-state index in [0.29, 0.717) is 6.42 Å². The van der Waals surface area contributed by atoms with Crippen molar-refractivity contribution in [1.82, 2.24) is 5.32 Å². The van der Waals surface area contributed by atoms with Gasteiger partial charge in [0.15, 0.2) is 0 Å². The Morgan fingerprint density at radius 2 is 1.83 bits per heavy atom. The van der Waals surface area contributed by atoms with Crippen LogP contribution in [0.3, 0.4) is 0 Å². The Morgan fingerprint density at radius 1 is 1.22 bits per heavy atom. The summed E-state index contributed by atoms with van der Waals surface area (Å²) in [6.07, 6.45) is -0.297. The standard InChI is InChI=1S/C12H14INO4/c1-17-11(15)10(14-12(16)18-2)7-8-3-5-9(13)6-4-8/h3-6,10H,7H2,1-2H3,(H,14,16)/t10-/m0/s1. The molecule has 0 aliphatic carbocycles. The van der Waals surface area contributed by atoms with Gasteiger partial charge in [-0.1, -0.05) is 12.1 Å². The third kappa shape index (κ3) is 4.52. The van der Waals surface area contributed by atoms with Crippen molar-refractivity contribution < 1.29 is 19.1 Å². The molecule has 0 saturated heterocycles. The highest BCUT2D eigenvalue weighted by Crippen LogP contribution is 2.09. The summed E-state index contributed by atoms with van der Waals surface area (Å²) in [6, 6.07) is 6.92. The zero-order valence-corrected chi connectivity index (χ0v) is 12.3. The number of esters is 1. The van der Waals surface area contributed by atoms with E-state index in [1.807, 2.05) is 24.3 Å². The molecule has 1 aromatic rings. The SMILES string of the molecule is COC(=O)N[C@@H](Cc1ccc(I)cc1)C(=O)OC. The molecule has 0 spiro atoms. The van der Waals surface area contributed by atoms with Crippen molar-refractivity contribution in [3.05, 3.63) is 33.4 Å². The van der Waals surface area contributed by atoms with E-state index in [-0.39, 0.29) is 0 Å². The van der Waals surface area contributed by atoms with Crippen LogP contribution in [0.2, 0.25) is 0 Å². The molecule has 0 heterocycles. The predicted molar refractivity (Wildman–Crippen MR) is 74.2 cm³/mol. The number of carbonyl (C=O) groups excluding carboxylic acids is 2. The van der Waals surface area contributed by atoms with Crippen molar-refractivity contribution in [2.45, 2.75) is 12.5 Å². The maximum atomic E-state index is 11.5. The number of amides is 1. The Bertz CT molecular complexity index is 419. The summed E-state index contributed by atoms with van der Waals surface area (Å²) in [5, 5.41) is 2.44. The first-order valence-corrected chi connectivity index (χ1v) is 6.31. The number of hydrogen-bond acceptors (Lipinski definition) is 4. The van der Waals surface area contributed by atoms with Crippen LogP contribution < -0.4 is 5.32 Å². The molecule has 5 nitrogen and oxygen atoms in total. The molecule has 6 heteroatoms. The van der Waals surface area contributed by atoms with E-state index >= 15 is 0 Å². The number of methoxy groups -OCH3 is 2. The highest BCUT2D eigenvalue weighted by Gasteiger charge is 2.22. The summed E-state index contributed by atoms with van der Waals surface area (Å²) in [5.41, 5.74) is 0.933. The van der Waals surface area contributed by atoms with Gasteiger partial charge in [0.05, 0.1) is 14.2 Å². The van der Waals surface area contributed by atoms with Crippen LogP contribution in [0.5, 0.6) is 0 Å². The fourth-order valence-electron chi connectivity index (χ4n) is 1.39. The van der Waals surface area contributed by atoms with Crippen molar-refractivity contribution in [2.24, 2.45) is 0 Å². The van der Waals surface area contributed by atoms with Crippen LogP contribution in [0.15, 0.2) is 24.3 Å². The van der Waals surface area contributed by atoms with Gasteiger partial charge in [0.2, 0.25) is 0 Å². The average molecular weight is 363 g/mol. The van der Waals surface area contributed by atoms with Crippen molar-refractivity contribution in [3.63, 3.8) is 0 Å². The maximum Gasteiger partial charge on any atom is 0.407 e. The minimum Gasteiger partial charge on any atom is -0.467 e. The molecular formula is C12H14INO4. The number of benzene rings is 1. The van der Waals surface area contributed by atoms with E-state index < -0.39 is 18.1 Å². The van der Waals surface area contributed by atoms with Crippen molar-refractivity contribution in [1.29, 1.82) is 0 Å². The molecule has 0 unspecified atom stereocenters. The molecule has 98 valence electrons.